The number of fused-ring (bicyclic) bond motifs is 1. The van der Waals surface area contributed by atoms with Gasteiger partial charge in [0.2, 0.25) is 10.0 Å². The summed E-state index contributed by atoms with van der Waals surface area (Å²) in [5, 5.41) is 2.82. The van der Waals surface area contributed by atoms with Gasteiger partial charge in [-0.15, -0.1) is 0 Å². The number of ether oxygens (including phenoxy) is 1. The number of sulfonamides is 1. The van der Waals surface area contributed by atoms with E-state index in [1.54, 1.807) is 36.7 Å². The van der Waals surface area contributed by atoms with E-state index in [0.29, 0.717) is 18.0 Å². The van der Waals surface area contributed by atoms with Crippen molar-refractivity contribution >= 4 is 21.6 Å². The third-order valence-electron chi connectivity index (χ3n) is 3.91. The Morgan fingerprint density at radius 3 is 2.72 bits per heavy atom. The maximum atomic E-state index is 12.5. The van der Waals surface area contributed by atoms with E-state index in [-0.39, 0.29) is 18.9 Å². The molecule has 2 heterocycles. The monoisotopic (exact) mass is 361 g/mol. The molecule has 1 N–H and O–H groups in total. The number of amides is 1. The molecule has 1 aromatic heterocycles. The molecule has 1 amide bonds. The van der Waals surface area contributed by atoms with Gasteiger partial charge in [0, 0.05) is 31.9 Å². The van der Waals surface area contributed by atoms with E-state index in [2.05, 4.69) is 10.3 Å². The number of carbonyl (C=O) groups excluding carboxylic acids is 1. The van der Waals surface area contributed by atoms with Crippen LogP contribution in [0.25, 0.3) is 0 Å². The second-order valence-electron chi connectivity index (χ2n) is 5.77. The maximum absolute atomic E-state index is 12.5. The van der Waals surface area contributed by atoms with Crippen molar-refractivity contribution in [2.24, 2.45) is 0 Å². The number of rotatable bonds is 4. The van der Waals surface area contributed by atoms with Crippen LogP contribution in [-0.2, 0) is 21.4 Å². The fourth-order valence-corrected chi connectivity index (χ4v) is 3.61. The summed E-state index contributed by atoms with van der Waals surface area (Å²) < 4.78 is 31.2. The highest BCUT2D eigenvalue weighted by Gasteiger charge is 2.30. The van der Waals surface area contributed by atoms with E-state index in [0.717, 1.165) is 11.8 Å². The predicted octanol–water partition coefficient (Wildman–Crippen LogP) is 1.32. The lowest BCUT2D eigenvalue weighted by Gasteiger charge is -2.20. The van der Waals surface area contributed by atoms with Gasteiger partial charge in [-0.05, 0) is 29.8 Å². The minimum atomic E-state index is -3.45. The Morgan fingerprint density at radius 1 is 1.28 bits per heavy atom. The van der Waals surface area contributed by atoms with Gasteiger partial charge >= 0.3 is 0 Å². The van der Waals surface area contributed by atoms with Gasteiger partial charge in [0.1, 0.15) is 5.75 Å². The number of benzene rings is 1. The van der Waals surface area contributed by atoms with Gasteiger partial charge in [0.15, 0.2) is 6.10 Å². The highest BCUT2D eigenvalue weighted by atomic mass is 32.2. The van der Waals surface area contributed by atoms with Gasteiger partial charge < -0.3 is 10.1 Å². The fourth-order valence-electron chi connectivity index (χ4n) is 2.66. The molecule has 3 rings (SSSR count). The predicted molar refractivity (Wildman–Crippen MR) is 93.7 cm³/mol. The van der Waals surface area contributed by atoms with E-state index in [1.165, 1.54) is 4.31 Å². The van der Waals surface area contributed by atoms with E-state index in [4.69, 9.17) is 4.74 Å². The summed E-state index contributed by atoms with van der Waals surface area (Å²) >= 11 is 0. The molecular formula is C17H19N3O4S. The second-order valence-corrected chi connectivity index (χ2v) is 7.68. The molecule has 132 valence electrons. The first-order valence-corrected chi connectivity index (χ1v) is 9.70. The molecule has 1 atom stereocenters. The summed E-state index contributed by atoms with van der Waals surface area (Å²) in [6.07, 6.45) is 3.97. The Kier molecular flexibility index (Phi) is 4.89. The summed E-state index contributed by atoms with van der Waals surface area (Å²) in [5.41, 5.74) is 1.38. The number of nitrogens with zero attached hydrogens (tertiary/aromatic N) is 2. The van der Waals surface area contributed by atoms with E-state index < -0.39 is 16.1 Å². The first-order valence-electron chi connectivity index (χ1n) is 7.85. The van der Waals surface area contributed by atoms with Crippen LogP contribution >= 0.6 is 0 Å². The van der Waals surface area contributed by atoms with Crippen LogP contribution < -0.4 is 14.4 Å². The van der Waals surface area contributed by atoms with Crippen molar-refractivity contribution in [2.75, 3.05) is 17.1 Å². The number of para-hydroxylation sites is 2. The molecule has 0 saturated heterocycles. The molecule has 1 aliphatic heterocycles. The zero-order valence-corrected chi connectivity index (χ0v) is 14.6. The number of pyridine rings is 1. The van der Waals surface area contributed by atoms with Gasteiger partial charge in [0.25, 0.3) is 5.91 Å². The number of hydrogen-bond acceptors (Lipinski definition) is 5. The Morgan fingerprint density at radius 2 is 2.00 bits per heavy atom. The van der Waals surface area contributed by atoms with E-state index in [9.17, 15) is 13.2 Å². The van der Waals surface area contributed by atoms with Crippen molar-refractivity contribution in [3.8, 4) is 5.75 Å². The third kappa shape index (κ3) is 4.08. The molecule has 2 aromatic rings. The summed E-state index contributed by atoms with van der Waals surface area (Å²) in [6, 6.07) is 10.5. The molecule has 0 saturated carbocycles. The fraction of sp³-hybridized carbons (Fsp3) is 0.294. The quantitative estimate of drug-likeness (QED) is 0.887. The van der Waals surface area contributed by atoms with Crippen molar-refractivity contribution in [3.05, 3.63) is 54.4 Å². The number of hydrogen-bond donors (Lipinski definition) is 1. The van der Waals surface area contributed by atoms with Crippen LogP contribution in [0.15, 0.2) is 48.8 Å². The molecule has 0 radical (unpaired) electrons. The van der Waals surface area contributed by atoms with Gasteiger partial charge in [-0.2, -0.15) is 0 Å². The van der Waals surface area contributed by atoms with E-state index >= 15 is 0 Å². The number of nitrogens with one attached hydrogen (secondary N) is 1. The van der Waals surface area contributed by atoms with Crippen molar-refractivity contribution in [1.29, 1.82) is 0 Å². The van der Waals surface area contributed by atoms with Crippen molar-refractivity contribution in [2.45, 2.75) is 19.1 Å². The highest BCUT2D eigenvalue weighted by molar-refractivity contribution is 7.92. The molecule has 8 heteroatoms. The third-order valence-corrected chi connectivity index (χ3v) is 5.09. The highest BCUT2D eigenvalue weighted by Crippen LogP contribution is 2.33. The molecule has 0 bridgehead atoms. The Bertz CT molecular complexity index is 855. The van der Waals surface area contributed by atoms with Crippen LogP contribution in [-0.4, -0.2) is 38.2 Å². The van der Waals surface area contributed by atoms with Crippen LogP contribution in [0.5, 0.6) is 5.75 Å². The Labute approximate surface area is 146 Å². The van der Waals surface area contributed by atoms with Crippen LogP contribution in [0.3, 0.4) is 0 Å². The standard InChI is InChI=1S/C17H19N3O4S/c1-25(22,23)20-11-8-16(24-15-5-3-2-4-14(15)20)17(21)19-12-13-6-9-18-10-7-13/h2-7,9-10,16H,8,11-12H2,1H3,(H,19,21). The topological polar surface area (TPSA) is 88.6 Å². The zero-order valence-electron chi connectivity index (χ0n) is 13.8. The van der Waals surface area contributed by atoms with Gasteiger partial charge in [-0.25, -0.2) is 8.42 Å². The molecule has 0 spiro atoms. The molecule has 25 heavy (non-hydrogen) atoms. The van der Waals surface area contributed by atoms with Crippen LogP contribution in [0.2, 0.25) is 0 Å². The minimum Gasteiger partial charge on any atom is -0.478 e. The molecule has 7 nitrogen and oxygen atoms in total. The normalized spacial score (nSPS) is 17.2. The van der Waals surface area contributed by atoms with E-state index in [1.807, 2.05) is 12.1 Å². The molecular weight excluding hydrogens is 342 g/mol. The summed E-state index contributed by atoms with van der Waals surface area (Å²) in [4.78, 5) is 16.4. The largest absolute Gasteiger partial charge is 0.478 e. The molecule has 1 unspecified atom stereocenters. The summed E-state index contributed by atoms with van der Waals surface area (Å²) in [6.45, 7) is 0.543. The number of aromatic nitrogens is 1. The minimum absolute atomic E-state index is 0.184. The summed E-state index contributed by atoms with van der Waals surface area (Å²) in [7, 11) is -3.45. The average Bonchev–Trinajstić information content (AvgIpc) is 2.80. The molecule has 0 fully saturated rings. The SMILES string of the molecule is CS(=O)(=O)N1CCC(C(=O)NCc2ccncc2)Oc2ccccc21. The summed E-state index contributed by atoms with van der Waals surface area (Å²) in [5.74, 6) is 0.108. The smallest absolute Gasteiger partial charge is 0.261 e. The molecule has 1 aromatic carbocycles. The van der Waals surface area contributed by atoms with Gasteiger partial charge in [-0.3, -0.25) is 14.1 Å². The number of carbonyl (C=O) groups is 1. The second kappa shape index (κ2) is 7.10. The first kappa shape index (κ1) is 17.2. The Hall–Kier alpha value is -2.61. The van der Waals surface area contributed by atoms with Gasteiger partial charge in [-0.1, -0.05) is 12.1 Å². The van der Waals surface area contributed by atoms with Crippen molar-refractivity contribution in [1.82, 2.24) is 10.3 Å². The first-order chi connectivity index (χ1) is 11.9. The lowest BCUT2D eigenvalue weighted by Crippen LogP contribution is -2.39. The zero-order chi connectivity index (χ0) is 17.9. The lowest BCUT2D eigenvalue weighted by atomic mass is 10.2. The van der Waals surface area contributed by atoms with Crippen LogP contribution in [0, 0.1) is 0 Å². The van der Waals surface area contributed by atoms with Crippen LogP contribution in [0.4, 0.5) is 5.69 Å². The van der Waals surface area contributed by atoms with Gasteiger partial charge in [0.05, 0.1) is 11.9 Å². The van der Waals surface area contributed by atoms with Crippen molar-refractivity contribution < 1.29 is 17.9 Å². The maximum Gasteiger partial charge on any atom is 0.261 e. The number of anilines is 1. The lowest BCUT2D eigenvalue weighted by molar-refractivity contribution is -0.128. The Balaban J connectivity index is 1.76. The molecule has 1 aliphatic rings. The average molecular weight is 361 g/mol. The van der Waals surface area contributed by atoms with Crippen LogP contribution in [0.1, 0.15) is 12.0 Å². The molecule has 0 aliphatic carbocycles. The van der Waals surface area contributed by atoms with Crippen molar-refractivity contribution in [3.63, 3.8) is 0 Å².